The normalized spacial score (nSPS) is 12.1. The Labute approximate surface area is 136 Å². The number of methoxy groups -OCH3 is 2. The van der Waals surface area contributed by atoms with Gasteiger partial charge in [0.05, 0.1) is 19.6 Å². The molecule has 0 N–H and O–H groups in total. The molecule has 1 atom stereocenters. The first-order chi connectivity index (χ1) is 9.58. The minimum Gasteiger partial charge on any atom is -0.495 e. The molecule has 0 radical (unpaired) electrons. The third-order valence-corrected chi connectivity index (χ3v) is 4.27. The lowest BCUT2D eigenvalue weighted by Crippen LogP contribution is -1.99. The van der Waals surface area contributed by atoms with Crippen molar-refractivity contribution >= 4 is 39.1 Å². The highest BCUT2D eigenvalue weighted by Gasteiger charge is 2.20. The largest absolute Gasteiger partial charge is 0.495 e. The van der Waals surface area contributed by atoms with E-state index in [9.17, 15) is 0 Å². The standard InChI is InChI=1S/C15H13BrCl2O2/c1-19-12-7-6-11(15(20-2)14(12)18)13(17)9-4-3-5-10(16)8-9/h3-8,13H,1-2H3. The molecule has 2 aromatic rings. The van der Waals surface area contributed by atoms with Crippen LogP contribution >= 0.6 is 39.1 Å². The monoisotopic (exact) mass is 374 g/mol. The molecule has 0 aromatic heterocycles. The summed E-state index contributed by atoms with van der Waals surface area (Å²) in [5.41, 5.74) is 1.76. The lowest BCUT2D eigenvalue weighted by molar-refractivity contribution is 0.392. The van der Waals surface area contributed by atoms with E-state index in [1.165, 1.54) is 0 Å². The molecule has 2 aromatic carbocycles. The van der Waals surface area contributed by atoms with Crippen molar-refractivity contribution in [1.82, 2.24) is 0 Å². The average molecular weight is 376 g/mol. The molecule has 0 amide bonds. The molecule has 0 saturated heterocycles. The Balaban J connectivity index is 2.49. The second-order valence-corrected chi connectivity index (χ2v) is 5.85. The Kier molecular flexibility index (Phi) is 5.19. The average Bonchev–Trinajstić information content (AvgIpc) is 2.46. The van der Waals surface area contributed by atoms with Crippen LogP contribution < -0.4 is 9.47 Å². The highest BCUT2D eigenvalue weighted by atomic mass is 79.9. The van der Waals surface area contributed by atoms with E-state index in [4.69, 9.17) is 32.7 Å². The van der Waals surface area contributed by atoms with Gasteiger partial charge in [0, 0.05) is 10.0 Å². The topological polar surface area (TPSA) is 18.5 Å². The van der Waals surface area contributed by atoms with E-state index in [1.54, 1.807) is 20.3 Å². The Bertz CT molecular complexity index is 617. The maximum atomic E-state index is 6.55. The molecule has 5 heteroatoms. The van der Waals surface area contributed by atoms with Crippen LogP contribution in [0.5, 0.6) is 11.5 Å². The molecule has 2 rings (SSSR count). The van der Waals surface area contributed by atoms with Crippen LogP contribution in [0.25, 0.3) is 0 Å². The third-order valence-electron chi connectivity index (χ3n) is 2.93. The van der Waals surface area contributed by atoms with Gasteiger partial charge < -0.3 is 9.47 Å². The molecule has 1 unspecified atom stereocenters. The summed E-state index contributed by atoms with van der Waals surface area (Å²) >= 11 is 16.3. The minimum absolute atomic E-state index is 0.356. The molecule has 2 nitrogen and oxygen atoms in total. The van der Waals surface area contributed by atoms with Gasteiger partial charge in [-0.3, -0.25) is 0 Å². The summed E-state index contributed by atoms with van der Waals surface area (Å²) in [6.07, 6.45) is 0. The van der Waals surface area contributed by atoms with Crippen LogP contribution in [-0.4, -0.2) is 14.2 Å². The molecular weight excluding hydrogens is 363 g/mol. The predicted octanol–water partition coefficient (Wildman–Crippen LogP) is 5.45. The highest BCUT2D eigenvalue weighted by Crippen LogP contribution is 2.43. The zero-order valence-corrected chi connectivity index (χ0v) is 14.1. The van der Waals surface area contributed by atoms with Crippen molar-refractivity contribution in [3.8, 4) is 11.5 Å². The van der Waals surface area contributed by atoms with Gasteiger partial charge in [-0.1, -0.05) is 39.7 Å². The fourth-order valence-corrected chi connectivity index (χ4v) is 3.01. The Morgan fingerprint density at radius 2 is 1.85 bits per heavy atom. The van der Waals surface area contributed by atoms with Crippen LogP contribution in [-0.2, 0) is 0 Å². The zero-order valence-electron chi connectivity index (χ0n) is 11.0. The van der Waals surface area contributed by atoms with Gasteiger partial charge in [-0.05, 0) is 29.8 Å². The summed E-state index contributed by atoms with van der Waals surface area (Å²) in [5.74, 6) is 1.09. The van der Waals surface area contributed by atoms with Crippen LogP contribution in [0.4, 0.5) is 0 Å². The van der Waals surface area contributed by atoms with Crippen molar-refractivity contribution in [3.63, 3.8) is 0 Å². The highest BCUT2D eigenvalue weighted by molar-refractivity contribution is 9.10. The van der Waals surface area contributed by atoms with Crippen molar-refractivity contribution in [2.75, 3.05) is 14.2 Å². The van der Waals surface area contributed by atoms with Gasteiger partial charge in [-0.25, -0.2) is 0 Å². The van der Waals surface area contributed by atoms with Crippen LogP contribution in [0.3, 0.4) is 0 Å². The number of rotatable bonds is 4. The number of hydrogen-bond acceptors (Lipinski definition) is 2. The van der Waals surface area contributed by atoms with Crippen LogP contribution in [0, 0.1) is 0 Å². The molecule has 0 saturated carbocycles. The Morgan fingerprint density at radius 1 is 1.10 bits per heavy atom. The molecular formula is C15H13BrCl2O2. The van der Waals surface area contributed by atoms with Crippen molar-refractivity contribution in [1.29, 1.82) is 0 Å². The summed E-state index contributed by atoms with van der Waals surface area (Å²) in [6, 6.07) is 11.5. The first-order valence-corrected chi connectivity index (χ1v) is 7.49. The van der Waals surface area contributed by atoms with Crippen LogP contribution in [0.1, 0.15) is 16.5 Å². The van der Waals surface area contributed by atoms with E-state index >= 15 is 0 Å². The number of ether oxygens (including phenoxy) is 2. The van der Waals surface area contributed by atoms with Crippen molar-refractivity contribution in [2.45, 2.75) is 5.38 Å². The van der Waals surface area contributed by atoms with Gasteiger partial charge in [-0.15, -0.1) is 11.6 Å². The third kappa shape index (κ3) is 3.05. The summed E-state index contributed by atoms with van der Waals surface area (Å²) < 4.78 is 11.5. The maximum Gasteiger partial charge on any atom is 0.146 e. The minimum atomic E-state index is -0.356. The lowest BCUT2D eigenvalue weighted by atomic mass is 10.0. The Hall–Kier alpha value is -0.900. The molecule has 0 heterocycles. The smallest absolute Gasteiger partial charge is 0.146 e. The Morgan fingerprint density at radius 3 is 2.45 bits per heavy atom. The molecule has 20 heavy (non-hydrogen) atoms. The molecule has 0 aliphatic carbocycles. The first-order valence-electron chi connectivity index (χ1n) is 5.88. The van der Waals surface area contributed by atoms with Crippen molar-refractivity contribution in [2.24, 2.45) is 0 Å². The number of halogens is 3. The number of alkyl halides is 1. The van der Waals surface area contributed by atoms with Crippen LogP contribution in [0.15, 0.2) is 40.9 Å². The summed E-state index contributed by atoms with van der Waals surface area (Å²) in [7, 11) is 3.13. The molecule has 0 aliphatic rings. The van der Waals surface area contributed by atoms with Gasteiger partial charge in [0.15, 0.2) is 0 Å². The van der Waals surface area contributed by atoms with Crippen molar-refractivity contribution < 1.29 is 9.47 Å². The quantitative estimate of drug-likeness (QED) is 0.661. The molecule has 0 fully saturated rings. The van der Waals surface area contributed by atoms with Gasteiger partial charge in [0.25, 0.3) is 0 Å². The second kappa shape index (κ2) is 6.70. The zero-order chi connectivity index (χ0) is 14.7. The van der Waals surface area contributed by atoms with E-state index in [0.717, 1.165) is 15.6 Å². The van der Waals surface area contributed by atoms with E-state index in [0.29, 0.717) is 16.5 Å². The van der Waals surface area contributed by atoms with E-state index < -0.39 is 0 Å². The molecule has 0 bridgehead atoms. The number of benzene rings is 2. The summed E-state index contributed by atoms with van der Waals surface area (Å²) in [5, 5.41) is 0.0685. The SMILES string of the molecule is COc1ccc(C(Cl)c2cccc(Br)c2)c(OC)c1Cl. The molecule has 0 spiro atoms. The van der Waals surface area contributed by atoms with Crippen LogP contribution in [0.2, 0.25) is 5.02 Å². The molecule has 106 valence electrons. The second-order valence-electron chi connectivity index (χ2n) is 4.12. The summed E-state index contributed by atoms with van der Waals surface area (Å²) in [4.78, 5) is 0. The van der Waals surface area contributed by atoms with E-state index in [1.807, 2.05) is 30.3 Å². The lowest BCUT2D eigenvalue weighted by Gasteiger charge is -2.17. The maximum absolute atomic E-state index is 6.55. The van der Waals surface area contributed by atoms with E-state index in [-0.39, 0.29) is 5.38 Å². The fraction of sp³-hybridized carbons (Fsp3) is 0.200. The first kappa shape index (κ1) is 15.5. The van der Waals surface area contributed by atoms with Gasteiger partial charge in [-0.2, -0.15) is 0 Å². The predicted molar refractivity (Wildman–Crippen MR) is 86.4 cm³/mol. The number of hydrogen-bond donors (Lipinski definition) is 0. The molecule has 0 aliphatic heterocycles. The van der Waals surface area contributed by atoms with Gasteiger partial charge >= 0.3 is 0 Å². The van der Waals surface area contributed by atoms with E-state index in [2.05, 4.69) is 15.9 Å². The fourth-order valence-electron chi connectivity index (χ4n) is 1.96. The van der Waals surface area contributed by atoms with Gasteiger partial charge in [0.2, 0.25) is 0 Å². The summed E-state index contributed by atoms with van der Waals surface area (Å²) in [6.45, 7) is 0. The van der Waals surface area contributed by atoms with Gasteiger partial charge in [0.1, 0.15) is 16.5 Å². The van der Waals surface area contributed by atoms with Crippen molar-refractivity contribution in [3.05, 3.63) is 57.0 Å².